The molecule has 0 aromatic carbocycles. The highest BCUT2D eigenvalue weighted by Crippen LogP contribution is 2.28. The number of carbonyl (C=O) groups excluding carboxylic acids is 1. The van der Waals surface area contributed by atoms with E-state index in [1.165, 1.54) is 53.2 Å². The van der Waals surface area contributed by atoms with Crippen molar-refractivity contribution >= 4 is 46.3 Å². The number of urea groups is 1. The predicted octanol–water partition coefficient (Wildman–Crippen LogP) is 3.96. The van der Waals surface area contributed by atoms with Crippen LogP contribution in [0.3, 0.4) is 0 Å². The second kappa shape index (κ2) is 8.98. The van der Waals surface area contributed by atoms with Gasteiger partial charge in [-0.2, -0.15) is 24.1 Å². The molecule has 0 aliphatic rings. The summed E-state index contributed by atoms with van der Waals surface area (Å²) >= 11 is 12.1. The molecule has 4 rings (SSSR count). The van der Waals surface area contributed by atoms with E-state index >= 15 is 0 Å². The number of pyridine rings is 1. The summed E-state index contributed by atoms with van der Waals surface area (Å²) in [7, 11) is 0. The molecule has 166 valence electrons. The van der Waals surface area contributed by atoms with E-state index in [-0.39, 0.29) is 33.1 Å². The fourth-order valence-corrected chi connectivity index (χ4v) is 3.30. The van der Waals surface area contributed by atoms with Crippen molar-refractivity contribution in [2.45, 2.75) is 19.6 Å². The fourth-order valence-electron chi connectivity index (χ4n) is 2.89. The minimum absolute atomic E-state index is 0.0827. The van der Waals surface area contributed by atoms with Crippen LogP contribution in [-0.4, -0.2) is 47.2 Å². The average molecular weight is 484 g/mol. The molecule has 2 amide bonds. The molecule has 1 unspecified atom stereocenters. The summed E-state index contributed by atoms with van der Waals surface area (Å²) in [6.45, 7) is -1.66. The number of carbonyl (C=O) groups is 1. The molecule has 0 spiro atoms. The molecule has 0 fully saturated rings. The van der Waals surface area contributed by atoms with Crippen LogP contribution in [0.2, 0.25) is 10.2 Å². The van der Waals surface area contributed by atoms with Crippen molar-refractivity contribution < 1.29 is 18.3 Å². The molecule has 0 aliphatic carbocycles. The number of alkyl halides is 2. The Kier molecular flexibility index (Phi) is 6.12. The number of amides is 2. The minimum atomic E-state index is -3.04. The molecule has 11 nitrogen and oxygen atoms in total. The lowest BCUT2D eigenvalue weighted by Crippen LogP contribution is -2.23. The van der Waals surface area contributed by atoms with Crippen LogP contribution in [-0.2, 0) is 4.74 Å². The number of rotatable bonds is 6. The lowest BCUT2D eigenvalue weighted by atomic mass is 10.2. The summed E-state index contributed by atoms with van der Waals surface area (Å²) < 4.78 is 31.4. The van der Waals surface area contributed by atoms with Gasteiger partial charge in [0.15, 0.2) is 16.6 Å². The summed E-state index contributed by atoms with van der Waals surface area (Å²) in [6, 6.07) is 2.18. The maximum absolute atomic E-state index is 12.8. The number of hydrogen-bond acceptors (Lipinski definition) is 7. The third-order valence-electron chi connectivity index (χ3n) is 4.12. The summed E-state index contributed by atoms with van der Waals surface area (Å²) in [4.78, 5) is 22.0. The van der Waals surface area contributed by atoms with E-state index in [0.29, 0.717) is 5.65 Å². The molecule has 0 saturated heterocycles. The topological polar surface area (TPSA) is 124 Å². The molecule has 0 aliphatic heterocycles. The van der Waals surface area contributed by atoms with Gasteiger partial charge in [-0.25, -0.2) is 19.3 Å². The van der Waals surface area contributed by atoms with Gasteiger partial charge in [-0.3, -0.25) is 0 Å². The maximum atomic E-state index is 12.8. The van der Waals surface area contributed by atoms with Gasteiger partial charge in [0.05, 0.1) is 46.9 Å². The number of halogens is 4. The van der Waals surface area contributed by atoms with Gasteiger partial charge in [-0.15, -0.1) is 4.80 Å². The second-order valence-corrected chi connectivity index (χ2v) is 7.05. The number of nitrogens with one attached hydrogen (secondary N) is 2. The van der Waals surface area contributed by atoms with Crippen LogP contribution >= 0.6 is 23.2 Å². The van der Waals surface area contributed by atoms with E-state index in [1.54, 1.807) is 0 Å². The number of aromatic nitrogens is 7. The molecule has 4 aromatic rings. The lowest BCUT2D eigenvalue weighted by molar-refractivity contribution is -0.160. The Balaban J connectivity index is 1.58. The third kappa shape index (κ3) is 4.59. The van der Waals surface area contributed by atoms with E-state index in [9.17, 15) is 13.6 Å². The molecule has 4 aromatic heterocycles. The zero-order valence-electron chi connectivity index (χ0n) is 16.1. The first-order chi connectivity index (χ1) is 15.3. The summed E-state index contributed by atoms with van der Waals surface area (Å²) in [5.74, 6) is 0.271. The van der Waals surface area contributed by atoms with Gasteiger partial charge < -0.3 is 15.4 Å². The van der Waals surface area contributed by atoms with Gasteiger partial charge >= 0.3 is 12.6 Å². The molecule has 0 radical (unpaired) electrons. The van der Waals surface area contributed by atoms with Crippen LogP contribution in [0, 0.1) is 0 Å². The summed E-state index contributed by atoms with van der Waals surface area (Å²) in [5.41, 5.74) is 0.755. The molecule has 32 heavy (non-hydrogen) atoms. The highest BCUT2D eigenvalue weighted by molar-refractivity contribution is 6.32. The van der Waals surface area contributed by atoms with Crippen molar-refractivity contribution in [1.82, 2.24) is 34.6 Å². The highest BCUT2D eigenvalue weighted by atomic mass is 35.5. The molecule has 2 N–H and O–H groups in total. The van der Waals surface area contributed by atoms with Gasteiger partial charge in [-0.05, 0) is 13.0 Å². The van der Waals surface area contributed by atoms with Crippen LogP contribution in [0.15, 0.2) is 36.9 Å². The Hall–Kier alpha value is -3.42. The number of fused-ring (bicyclic) bond motifs is 1. The Morgan fingerprint density at radius 3 is 2.56 bits per heavy atom. The highest BCUT2D eigenvalue weighted by Gasteiger charge is 2.22. The normalized spacial score (nSPS) is 12.3. The number of ether oxygens (including phenoxy) is 1. The van der Waals surface area contributed by atoms with E-state index in [4.69, 9.17) is 23.2 Å². The largest absolute Gasteiger partial charge is 0.345 e. The van der Waals surface area contributed by atoms with Gasteiger partial charge in [0.2, 0.25) is 0 Å². The van der Waals surface area contributed by atoms with E-state index in [0.717, 1.165) is 0 Å². The van der Waals surface area contributed by atoms with Crippen molar-refractivity contribution in [2.24, 2.45) is 0 Å². The molecular weight excluding hydrogens is 471 g/mol. The van der Waals surface area contributed by atoms with Gasteiger partial charge in [0.25, 0.3) is 0 Å². The van der Waals surface area contributed by atoms with Crippen molar-refractivity contribution in [1.29, 1.82) is 0 Å². The van der Waals surface area contributed by atoms with Gasteiger partial charge in [-0.1, -0.05) is 23.2 Å². The van der Waals surface area contributed by atoms with Crippen molar-refractivity contribution in [2.75, 3.05) is 10.6 Å². The Morgan fingerprint density at radius 2 is 1.88 bits per heavy atom. The summed E-state index contributed by atoms with van der Waals surface area (Å²) in [6.07, 6.45) is 4.41. The SMILES string of the molecule is CC(OC(F)F)c1c(NC(=O)Nc2cnc(-n3nccn3)c(Cl)c2)cnc2cc(Cl)nn12. The zero-order valence-corrected chi connectivity index (χ0v) is 17.6. The van der Waals surface area contributed by atoms with Crippen molar-refractivity contribution in [3.8, 4) is 5.82 Å². The summed E-state index contributed by atoms with van der Waals surface area (Å²) in [5, 5.41) is 17.3. The quantitative estimate of drug-likeness (QED) is 0.425. The first-order valence-corrected chi connectivity index (χ1v) is 9.65. The monoisotopic (exact) mass is 483 g/mol. The number of hydrogen-bond donors (Lipinski definition) is 2. The Labute approximate surface area is 188 Å². The minimum Gasteiger partial charge on any atom is -0.313 e. The fraction of sp³-hybridized carbons (Fsp3) is 0.176. The maximum Gasteiger partial charge on any atom is 0.345 e. The zero-order chi connectivity index (χ0) is 22.8. The van der Waals surface area contributed by atoms with Gasteiger partial charge in [0.1, 0.15) is 6.10 Å². The van der Waals surface area contributed by atoms with Crippen molar-refractivity contribution in [3.05, 3.63) is 52.8 Å². The van der Waals surface area contributed by atoms with Crippen LogP contribution in [0.5, 0.6) is 0 Å². The van der Waals surface area contributed by atoms with Gasteiger partial charge in [0, 0.05) is 6.07 Å². The van der Waals surface area contributed by atoms with Crippen LogP contribution < -0.4 is 10.6 Å². The Morgan fingerprint density at radius 1 is 1.12 bits per heavy atom. The lowest BCUT2D eigenvalue weighted by Gasteiger charge is -2.18. The van der Waals surface area contributed by atoms with Crippen LogP contribution in [0.25, 0.3) is 11.5 Å². The first kappa shape index (κ1) is 21.8. The van der Waals surface area contributed by atoms with E-state index < -0.39 is 18.7 Å². The van der Waals surface area contributed by atoms with Crippen LogP contribution in [0.4, 0.5) is 25.0 Å². The third-order valence-corrected chi connectivity index (χ3v) is 4.58. The van der Waals surface area contributed by atoms with Crippen LogP contribution in [0.1, 0.15) is 18.7 Å². The Bertz CT molecular complexity index is 1270. The van der Waals surface area contributed by atoms with E-state index in [2.05, 4.69) is 40.6 Å². The molecule has 0 saturated carbocycles. The second-order valence-electron chi connectivity index (χ2n) is 6.26. The molecule has 0 bridgehead atoms. The predicted molar refractivity (Wildman–Crippen MR) is 110 cm³/mol. The first-order valence-electron chi connectivity index (χ1n) is 8.90. The smallest absolute Gasteiger partial charge is 0.313 e. The molecule has 1 atom stereocenters. The van der Waals surface area contributed by atoms with E-state index in [1.807, 2.05) is 0 Å². The molecule has 15 heteroatoms. The number of nitrogens with zero attached hydrogens (tertiary/aromatic N) is 7. The molecule has 4 heterocycles. The number of anilines is 2. The molecular formula is C17H13Cl2F2N9O2. The van der Waals surface area contributed by atoms with Crippen molar-refractivity contribution in [3.63, 3.8) is 0 Å². The average Bonchev–Trinajstić information content (AvgIpc) is 3.36. The standard InChI is InChI=1S/C17H13Cl2F2N9O2/c1-8(32-16(20)21)14-11(7-22-13-5-12(19)28-29(13)14)27-17(31)26-9-4-10(18)15(23-6-9)30-24-2-3-25-30/h2-8,16H,1H3,(H2,26,27,31).